The number of rotatable bonds is 4. The summed E-state index contributed by atoms with van der Waals surface area (Å²) in [4.78, 5) is 14.1. The third-order valence-electron chi connectivity index (χ3n) is 3.21. The Balaban J connectivity index is 1.85. The Morgan fingerprint density at radius 1 is 1.26 bits per heavy atom. The Morgan fingerprint density at radius 2 is 1.84 bits per heavy atom. The van der Waals surface area contributed by atoms with E-state index in [9.17, 15) is 9.18 Å². The predicted octanol–water partition coefficient (Wildman–Crippen LogP) is 2.05. The molecule has 1 aromatic carbocycles. The lowest BCUT2D eigenvalue weighted by Gasteiger charge is -2.34. The second-order valence-corrected chi connectivity index (χ2v) is 5.29. The third-order valence-corrected chi connectivity index (χ3v) is 3.21. The second-order valence-electron chi connectivity index (χ2n) is 5.29. The van der Waals surface area contributed by atoms with Crippen LogP contribution in [0.4, 0.5) is 4.39 Å². The standard InChI is InChI=1S/C15H20FNO2/c1-11-8-17(9-12(2)19-11)10-15(18)7-13-3-5-14(16)6-4-13/h3-6,11-12H,7-10H2,1-2H3. The van der Waals surface area contributed by atoms with Crippen molar-refractivity contribution in [3.05, 3.63) is 35.6 Å². The Morgan fingerprint density at radius 3 is 2.42 bits per heavy atom. The van der Waals surface area contributed by atoms with Crippen molar-refractivity contribution >= 4 is 5.78 Å². The summed E-state index contributed by atoms with van der Waals surface area (Å²) in [7, 11) is 0. The zero-order valence-electron chi connectivity index (χ0n) is 11.4. The molecule has 2 rings (SSSR count). The summed E-state index contributed by atoms with van der Waals surface area (Å²) in [6.07, 6.45) is 0.699. The monoisotopic (exact) mass is 265 g/mol. The van der Waals surface area contributed by atoms with Gasteiger partial charge in [-0.1, -0.05) is 12.1 Å². The number of hydrogen-bond acceptors (Lipinski definition) is 3. The highest BCUT2D eigenvalue weighted by Crippen LogP contribution is 2.11. The lowest BCUT2D eigenvalue weighted by Crippen LogP contribution is -2.47. The van der Waals surface area contributed by atoms with Crippen LogP contribution in [-0.2, 0) is 16.0 Å². The normalized spacial score (nSPS) is 24.4. The molecule has 1 aliphatic rings. The van der Waals surface area contributed by atoms with Crippen molar-refractivity contribution in [2.75, 3.05) is 19.6 Å². The first kappa shape index (κ1) is 14.2. The summed E-state index contributed by atoms with van der Waals surface area (Å²) in [5, 5.41) is 0. The van der Waals surface area contributed by atoms with Gasteiger partial charge >= 0.3 is 0 Å². The molecular formula is C15H20FNO2. The van der Waals surface area contributed by atoms with E-state index in [0.29, 0.717) is 13.0 Å². The van der Waals surface area contributed by atoms with Crippen LogP contribution >= 0.6 is 0 Å². The first-order chi connectivity index (χ1) is 9.02. The molecule has 0 aromatic heterocycles. The minimum Gasteiger partial charge on any atom is -0.373 e. The van der Waals surface area contributed by atoms with Gasteiger partial charge in [0.25, 0.3) is 0 Å². The van der Waals surface area contributed by atoms with Gasteiger partial charge < -0.3 is 4.74 Å². The molecule has 1 aliphatic heterocycles. The van der Waals surface area contributed by atoms with Gasteiger partial charge in [0.05, 0.1) is 18.8 Å². The number of ether oxygens (including phenoxy) is 1. The van der Waals surface area contributed by atoms with E-state index in [1.54, 1.807) is 12.1 Å². The molecule has 1 fully saturated rings. The van der Waals surface area contributed by atoms with Crippen LogP contribution in [-0.4, -0.2) is 42.5 Å². The molecule has 2 unspecified atom stereocenters. The number of nitrogens with zero attached hydrogens (tertiary/aromatic N) is 1. The maximum Gasteiger partial charge on any atom is 0.151 e. The van der Waals surface area contributed by atoms with Gasteiger partial charge in [-0.15, -0.1) is 0 Å². The average molecular weight is 265 g/mol. The van der Waals surface area contributed by atoms with Crippen molar-refractivity contribution in [1.29, 1.82) is 0 Å². The highest BCUT2D eigenvalue weighted by Gasteiger charge is 2.23. The molecule has 0 bridgehead atoms. The number of carbonyl (C=O) groups excluding carboxylic acids is 1. The quantitative estimate of drug-likeness (QED) is 0.834. The zero-order chi connectivity index (χ0) is 13.8. The molecule has 0 radical (unpaired) electrons. The second kappa shape index (κ2) is 6.26. The zero-order valence-corrected chi connectivity index (χ0v) is 11.4. The van der Waals surface area contributed by atoms with E-state index in [4.69, 9.17) is 4.74 Å². The highest BCUT2D eigenvalue weighted by atomic mass is 19.1. The van der Waals surface area contributed by atoms with E-state index in [1.165, 1.54) is 12.1 Å². The van der Waals surface area contributed by atoms with Crippen LogP contribution < -0.4 is 0 Å². The molecule has 0 spiro atoms. The number of halogens is 1. The molecule has 104 valence electrons. The van der Waals surface area contributed by atoms with Crippen LogP contribution in [0.25, 0.3) is 0 Å². The van der Waals surface area contributed by atoms with Crippen LogP contribution in [0, 0.1) is 5.82 Å². The van der Waals surface area contributed by atoms with Crippen LogP contribution in [0.3, 0.4) is 0 Å². The lowest BCUT2D eigenvalue weighted by molar-refractivity contribution is -0.123. The summed E-state index contributed by atoms with van der Waals surface area (Å²) >= 11 is 0. The molecule has 2 atom stereocenters. The number of ketones is 1. The van der Waals surface area contributed by atoms with Crippen LogP contribution in [0.2, 0.25) is 0 Å². The van der Waals surface area contributed by atoms with Crippen molar-refractivity contribution in [3.8, 4) is 0 Å². The van der Waals surface area contributed by atoms with Gasteiger partial charge in [0.2, 0.25) is 0 Å². The van der Waals surface area contributed by atoms with E-state index < -0.39 is 0 Å². The average Bonchev–Trinajstić information content (AvgIpc) is 2.30. The van der Waals surface area contributed by atoms with Gasteiger partial charge in [-0.3, -0.25) is 9.69 Å². The SMILES string of the molecule is CC1CN(CC(=O)Cc2ccc(F)cc2)CC(C)O1. The topological polar surface area (TPSA) is 29.5 Å². The number of Topliss-reactive ketones (excluding diaryl/α,β-unsaturated/α-hetero) is 1. The number of morpholine rings is 1. The minimum absolute atomic E-state index is 0.160. The van der Waals surface area contributed by atoms with Crippen LogP contribution in [0.15, 0.2) is 24.3 Å². The van der Waals surface area contributed by atoms with Crippen LogP contribution in [0.1, 0.15) is 19.4 Å². The number of carbonyl (C=O) groups is 1. The van der Waals surface area contributed by atoms with E-state index in [-0.39, 0.29) is 23.8 Å². The summed E-state index contributed by atoms with van der Waals surface area (Å²) in [6, 6.07) is 6.11. The van der Waals surface area contributed by atoms with Crippen molar-refractivity contribution < 1.29 is 13.9 Å². The Hall–Kier alpha value is -1.26. The van der Waals surface area contributed by atoms with E-state index >= 15 is 0 Å². The molecule has 0 N–H and O–H groups in total. The number of benzene rings is 1. The molecule has 3 nitrogen and oxygen atoms in total. The maximum absolute atomic E-state index is 12.8. The maximum atomic E-state index is 12.8. The fraction of sp³-hybridized carbons (Fsp3) is 0.533. The summed E-state index contributed by atoms with van der Waals surface area (Å²) in [5.74, 6) is -0.111. The first-order valence-corrected chi connectivity index (χ1v) is 6.67. The molecular weight excluding hydrogens is 245 g/mol. The molecule has 1 heterocycles. The van der Waals surface area contributed by atoms with Crippen molar-refractivity contribution in [1.82, 2.24) is 4.90 Å². The molecule has 0 amide bonds. The summed E-state index contributed by atoms with van der Waals surface area (Å²) in [5.41, 5.74) is 0.862. The Labute approximate surface area is 113 Å². The van der Waals surface area contributed by atoms with Crippen molar-refractivity contribution in [2.45, 2.75) is 32.5 Å². The Kier molecular flexibility index (Phi) is 4.66. The molecule has 1 aromatic rings. The largest absolute Gasteiger partial charge is 0.373 e. The number of hydrogen-bond donors (Lipinski definition) is 0. The van der Waals surface area contributed by atoms with Crippen molar-refractivity contribution in [3.63, 3.8) is 0 Å². The van der Waals surface area contributed by atoms with Crippen molar-refractivity contribution in [2.24, 2.45) is 0 Å². The van der Waals surface area contributed by atoms with E-state index in [0.717, 1.165) is 18.7 Å². The molecule has 0 saturated carbocycles. The predicted molar refractivity (Wildman–Crippen MR) is 71.6 cm³/mol. The molecule has 4 heteroatoms. The summed E-state index contributed by atoms with van der Waals surface area (Å²) < 4.78 is 18.4. The fourth-order valence-electron chi connectivity index (χ4n) is 2.55. The fourth-order valence-corrected chi connectivity index (χ4v) is 2.55. The van der Waals surface area contributed by atoms with E-state index in [2.05, 4.69) is 4.90 Å². The van der Waals surface area contributed by atoms with Crippen LogP contribution in [0.5, 0.6) is 0 Å². The highest BCUT2D eigenvalue weighted by molar-refractivity contribution is 5.82. The smallest absolute Gasteiger partial charge is 0.151 e. The van der Waals surface area contributed by atoms with Gasteiger partial charge in [-0.2, -0.15) is 0 Å². The first-order valence-electron chi connectivity index (χ1n) is 6.67. The Bertz CT molecular complexity index is 422. The van der Waals surface area contributed by atoms with Gasteiger partial charge in [0, 0.05) is 19.5 Å². The molecule has 0 aliphatic carbocycles. The molecule has 19 heavy (non-hydrogen) atoms. The van der Waals surface area contributed by atoms with E-state index in [1.807, 2.05) is 13.8 Å². The van der Waals surface area contributed by atoms with Gasteiger partial charge in [0.15, 0.2) is 5.78 Å². The minimum atomic E-state index is -0.271. The molecule has 1 saturated heterocycles. The van der Waals surface area contributed by atoms with Gasteiger partial charge in [-0.25, -0.2) is 4.39 Å². The van der Waals surface area contributed by atoms with Gasteiger partial charge in [-0.05, 0) is 31.5 Å². The lowest BCUT2D eigenvalue weighted by atomic mass is 10.1. The van der Waals surface area contributed by atoms with Gasteiger partial charge in [0.1, 0.15) is 5.82 Å². The summed E-state index contributed by atoms with van der Waals surface area (Å²) in [6.45, 7) is 6.06. The third kappa shape index (κ3) is 4.40.